The Hall–Kier alpha value is -5.59. The van der Waals surface area contributed by atoms with Crippen molar-refractivity contribution < 1.29 is 93.0 Å². The quantitative estimate of drug-likeness (QED) is 0.0490. The van der Waals surface area contributed by atoms with E-state index in [0.29, 0.717) is 72.4 Å². The number of phosphoric acid groups is 4. The monoisotopic (exact) mass is 1350 g/mol. The number of aromatic nitrogens is 11. The van der Waals surface area contributed by atoms with Gasteiger partial charge in [0.2, 0.25) is 0 Å². The fourth-order valence-electron chi connectivity index (χ4n) is 10.1. The number of hydrogen-bond donors (Lipinski definition) is 8. The fourth-order valence-corrected chi connectivity index (χ4v) is 12.7. The number of rotatable bonds is 20. The van der Waals surface area contributed by atoms with Crippen molar-refractivity contribution >= 4 is 65.1 Å². The van der Waals surface area contributed by atoms with Crippen LogP contribution in [-0.2, 0) is 73.4 Å². The Labute approximate surface area is 512 Å². The zero-order valence-electron chi connectivity index (χ0n) is 50.5. The highest BCUT2D eigenvalue weighted by Gasteiger charge is 2.45. The molecule has 10 N–H and O–H groups in total. The first kappa shape index (κ1) is 71.8. The number of nitrogens with zero attached hydrogens (tertiary/aromatic N) is 9. The lowest BCUT2D eigenvalue weighted by molar-refractivity contribution is -0.0223. The molecule has 6 aromatic heterocycles. The Bertz CT molecular complexity index is 3880. The molecule has 10 heterocycles. The molecule has 0 saturated carbocycles. The lowest BCUT2D eigenvalue weighted by atomic mass is 10.1. The zero-order valence-corrected chi connectivity index (χ0v) is 54.1. The van der Waals surface area contributed by atoms with Gasteiger partial charge in [-0.2, -0.15) is 4.98 Å². The molecule has 41 heteroatoms. The predicted molar refractivity (Wildman–Crippen MR) is 316 cm³/mol. The number of phosphoric ester groups is 4. The minimum Gasteiger partial charge on any atom is -0.397 e. The van der Waals surface area contributed by atoms with Crippen LogP contribution in [0, 0.1) is 13.8 Å². The third kappa shape index (κ3) is 17.8. The number of nitrogen functional groups attached to an aromatic ring is 2. The molecular formula is C49H75N13O24P4. The van der Waals surface area contributed by atoms with Crippen LogP contribution >= 0.6 is 31.3 Å². The second kappa shape index (κ2) is 30.4. The summed E-state index contributed by atoms with van der Waals surface area (Å²) in [5.41, 5.74) is 12.1. The number of anilines is 2. The average Bonchev–Trinajstić information content (AvgIpc) is 1.83. The molecule has 16 atom stereocenters. The Balaban J connectivity index is 0.000000171. The van der Waals surface area contributed by atoms with Gasteiger partial charge in [-0.15, -0.1) is 0 Å². The van der Waals surface area contributed by atoms with E-state index in [0.717, 1.165) is 28.4 Å². The van der Waals surface area contributed by atoms with E-state index in [2.05, 4.69) is 53.0 Å². The molecular weight excluding hydrogens is 1280 g/mol. The molecule has 500 valence electrons. The number of nitrogens with two attached hydrogens (primary N) is 2. The van der Waals surface area contributed by atoms with Crippen molar-refractivity contribution in [3.8, 4) is 0 Å². The summed E-state index contributed by atoms with van der Waals surface area (Å²) < 4.78 is 114. The Morgan fingerprint density at radius 1 is 0.544 bits per heavy atom. The number of ether oxygens (including phenoxy) is 4. The Morgan fingerprint density at radius 2 is 0.944 bits per heavy atom. The summed E-state index contributed by atoms with van der Waals surface area (Å²) in [7, 11) is -12.0. The van der Waals surface area contributed by atoms with Gasteiger partial charge in [0.1, 0.15) is 42.1 Å². The van der Waals surface area contributed by atoms with Gasteiger partial charge in [-0.3, -0.25) is 69.0 Å². The van der Waals surface area contributed by atoms with E-state index in [1.807, 2.05) is 27.7 Å². The van der Waals surface area contributed by atoms with E-state index < -0.39 is 110 Å². The van der Waals surface area contributed by atoms with Crippen LogP contribution in [0.25, 0.3) is 22.3 Å². The Kier molecular flexibility index (Phi) is 24.3. The van der Waals surface area contributed by atoms with E-state index in [4.69, 9.17) is 48.5 Å². The number of H-pyrrole nitrogens is 2. The largest absolute Gasteiger partial charge is 0.472 e. The van der Waals surface area contributed by atoms with Crippen LogP contribution in [-0.4, -0.2) is 150 Å². The molecule has 4 aliphatic rings. The van der Waals surface area contributed by atoms with Crippen LogP contribution in [0.1, 0.15) is 115 Å². The lowest BCUT2D eigenvalue weighted by Gasteiger charge is -2.18. The minimum atomic E-state index is -4.15. The summed E-state index contributed by atoms with van der Waals surface area (Å²) in [6.45, 7) is 10.7. The van der Waals surface area contributed by atoms with Gasteiger partial charge in [-0.1, -0.05) is 27.7 Å². The fraction of sp³-hybridized carbons (Fsp3) is 0.612. The predicted octanol–water partition coefficient (Wildman–Crippen LogP) is 4.43. The van der Waals surface area contributed by atoms with E-state index in [-0.39, 0.29) is 41.9 Å². The summed E-state index contributed by atoms with van der Waals surface area (Å²) in [5, 5.41) is 0. The van der Waals surface area contributed by atoms with Gasteiger partial charge >= 0.3 is 42.7 Å². The van der Waals surface area contributed by atoms with Crippen molar-refractivity contribution in [3.05, 3.63) is 96.4 Å². The number of nitrogens with one attached hydrogen (secondary N) is 2. The third-order valence-corrected chi connectivity index (χ3v) is 18.6. The number of aryl methyl sites for hydroxylation is 2. The highest BCUT2D eigenvalue weighted by atomic mass is 31.2. The van der Waals surface area contributed by atoms with Crippen LogP contribution < -0.4 is 34.0 Å². The summed E-state index contributed by atoms with van der Waals surface area (Å²) in [6, 6.07) is 3.16. The van der Waals surface area contributed by atoms with Gasteiger partial charge in [-0.05, 0) is 51.7 Å². The van der Waals surface area contributed by atoms with Crippen molar-refractivity contribution in [2.24, 2.45) is 0 Å². The molecule has 4 aliphatic heterocycles. The smallest absolute Gasteiger partial charge is 0.397 e. The van der Waals surface area contributed by atoms with E-state index in [1.165, 1.54) is 33.9 Å². The standard InChI is InChI=1S/C13H19N4O6P.C13H19N4O5P.C12H19N2O7P.C11H18N3O6P/c1-4-8-9(23-24(19,20)21-3)5-10(22-8)17-6-14-11-12(17)15-7(2)16-13(11)18;1-3-9-10(22-23(18,19)20-2)6-11(21-9)17-7-16-12-8(14)4-5-15-13(12)17;1-4-8-9(21-22(17,18)19-3)5-10(20-8)14-6-7(2)11(15)13-12(14)16;1-3-7-8(20-21(16,17)18-2)6-10(19-7)14-5-4-9(12)13-11(14)15/h6,8-10H,4-5H2,1-3H3,(H,19,20)(H,15,16,18);4-5,7,9-11H,3,6H2,1-2H3,(H2,14,15)(H,18,19);6,8-10H,4-5H2,1-3H3,(H,17,18)(H,13,15,16);4-5,7-8,10H,3,6H2,1-2H3,(H,16,17)(H2,12,13,15). The summed E-state index contributed by atoms with van der Waals surface area (Å²) >= 11 is 0. The van der Waals surface area contributed by atoms with Gasteiger partial charge in [0.05, 0.1) is 67.2 Å². The second-order valence-electron chi connectivity index (χ2n) is 20.5. The van der Waals surface area contributed by atoms with E-state index in [9.17, 15) is 57.0 Å². The van der Waals surface area contributed by atoms with Gasteiger partial charge in [0, 0.05) is 78.3 Å². The number of fused-ring (bicyclic) bond motifs is 2. The van der Waals surface area contributed by atoms with E-state index in [1.54, 1.807) is 41.6 Å². The first-order valence-electron chi connectivity index (χ1n) is 28.0. The second-order valence-corrected chi connectivity index (χ2v) is 26.5. The van der Waals surface area contributed by atoms with Gasteiger partial charge in [0.15, 0.2) is 16.8 Å². The van der Waals surface area contributed by atoms with Crippen molar-refractivity contribution in [3.63, 3.8) is 0 Å². The molecule has 37 nitrogen and oxygen atoms in total. The van der Waals surface area contributed by atoms with Gasteiger partial charge < -0.3 is 55.0 Å². The van der Waals surface area contributed by atoms with Crippen molar-refractivity contribution in [1.29, 1.82) is 0 Å². The summed E-state index contributed by atoms with van der Waals surface area (Å²) in [6.07, 6.45) is 4.65. The molecule has 0 spiro atoms. The highest BCUT2D eigenvalue weighted by Crippen LogP contribution is 2.51. The van der Waals surface area contributed by atoms with Crippen LogP contribution in [0.5, 0.6) is 0 Å². The molecule has 16 unspecified atom stereocenters. The number of hydrogen-bond acceptors (Lipinski definition) is 27. The molecule has 6 aromatic rings. The van der Waals surface area contributed by atoms with Gasteiger partial charge in [-0.25, -0.2) is 47.8 Å². The van der Waals surface area contributed by atoms with Gasteiger partial charge in [0.25, 0.3) is 11.1 Å². The molecule has 4 saturated heterocycles. The molecule has 10 rings (SSSR count). The van der Waals surface area contributed by atoms with Crippen LogP contribution in [0.4, 0.5) is 11.5 Å². The van der Waals surface area contributed by atoms with E-state index >= 15 is 0 Å². The first-order chi connectivity index (χ1) is 42.4. The van der Waals surface area contributed by atoms with Crippen LogP contribution in [0.3, 0.4) is 0 Å². The van der Waals surface area contributed by atoms with Crippen molar-refractivity contribution in [2.45, 2.75) is 167 Å². The van der Waals surface area contributed by atoms with Crippen molar-refractivity contribution in [1.82, 2.24) is 53.2 Å². The normalized spacial score (nSPS) is 27.5. The SMILES string of the molecule is CCC1OC(n2cc(C)c(=O)[nH]c2=O)CC1OP(=O)(O)OC.CCC1OC(n2ccc(N)nc2=O)CC1OP(=O)(O)OC.CCC1OC(n2cnc3c(=O)[nH]c(C)nc32)CC1OP(=O)(O)OC.CCC1OC(n2cnc3c(N)ccnc32)CC1OP(=O)(O)OC. The molecule has 0 amide bonds. The Morgan fingerprint density at radius 3 is 1.36 bits per heavy atom. The number of aromatic amines is 2. The molecule has 0 bridgehead atoms. The number of pyridine rings is 1. The molecule has 0 aromatic carbocycles. The maximum absolute atomic E-state index is 11.9. The topological polar surface area (TPSA) is 496 Å². The third-order valence-electron chi connectivity index (χ3n) is 14.6. The van der Waals surface area contributed by atoms with Crippen molar-refractivity contribution in [2.75, 3.05) is 39.9 Å². The molecule has 4 fully saturated rings. The molecule has 0 aliphatic carbocycles. The summed E-state index contributed by atoms with van der Waals surface area (Å²) in [5.74, 6) is 0.583. The molecule has 90 heavy (non-hydrogen) atoms. The van der Waals surface area contributed by atoms with Crippen LogP contribution in [0.15, 0.2) is 62.6 Å². The number of imidazole rings is 2. The minimum absolute atomic E-state index is 0.119. The first-order valence-corrected chi connectivity index (χ1v) is 34.0. The van der Waals surface area contributed by atoms with Crippen LogP contribution in [0.2, 0.25) is 0 Å². The molecule has 0 radical (unpaired) electrons. The average molecular weight is 1350 g/mol. The summed E-state index contributed by atoms with van der Waals surface area (Å²) in [4.78, 5) is 110. The lowest BCUT2D eigenvalue weighted by Crippen LogP contribution is -2.33. The maximum atomic E-state index is 11.9. The maximum Gasteiger partial charge on any atom is 0.472 e. The zero-order chi connectivity index (χ0) is 66.2. The highest BCUT2D eigenvalue weighted by molar-refractivity contribution is 7.48.